The zero-order valence-corrected chi connectivity index (χ0v) is 16.8. The van der Waals surface area contributed by atoms with E-state index in [1.807, 2.05) is 19.1 Å². The summed E-state index contributed by atoms with van der Waals surface area (Å²) in [5, 5.41) is 13.8. The van der Waals surface area contributed by atoms with Crippen molar-refractivity contribution in [2.75, 3.05) is 12.4 Å². The van der Waals surface area contributed by atoms with E-state index < -0.39 is 6.09 Å². The van der Waals surface area contributed by atoms with Gasteiger partial charge in [0.05, 0.1) is 5.71 Å². The summed E-state index contributed by atoms with van der Waals surface area (Å²) in [5.74, 6) is 0.472. The lowest BCUT2D eigenvalue weighted by Crippen LogP contribution is -2.21. The van der Waals surface area contributed by atoms with Crippen molar-refractivity contribution in [3.63, 3.8) is 0 Å². The van der Waals surface area contributed by atoms with Crippen molar-refractivity contribution in [1.82, 2.24) is 10.3 Å². The van der Waals surface area contributed by atoms with Crippen molar-refractivity contribution in [2.45, 2.75) is 13.8 Å². The van der Waals surface area contributed by atoms with Crippen LogP contribution in [0.3, 0.4) is 0 Å². The first kappa shape index (κ1) is 20.6. The van der Waals surface area contributed by atoms with Gasteiger partial charge in [-0.3, -0.25) is 4.79 Å². The summed E-state index contributed by atoms with van der Waals surface area (Å²) < 4.78 is 5.11. The number of hydrogen-bond acceptors (Lipinski definition) is 5. The van der Waals surface area contributed by atoms with Crippen LogP contribution in [0, 0.1) is 0 Å². The minimum atomic E-state index is -0.559. The lowest BCUT2D eigenvalue weighted by molar-refractivity contribution is 0.102. The number of nitrogens with zero attached hydrogens (tertiary/aromatic N) is 2. The van der Waals surface area contributed by atoms with E-state index >= 15 is 0 Å². The first-order valence-electron chi connectivity index (χ1n) is 9.14. The molecule has 1 aromatic heterocycles. The molecule has 154 valence electrons. The Kier molecular flexibility index (Phi) is 6.11. The normalized spacial score (nSPS) is 12.0. The molecule has 0 spiro atoms. The summed E-state index contributed by atoms with van der Waals surface area (Å²) in [5.41, 5.74) is 8.84. The molecular formula is C21H22N6O3. The van der Waals surface area contributed by atoms with E-state index in [2.05, 4.69) is 25.8 Å². The molecule has 0 saturated heterocycles. The first-order valence-corrected chi connectivity index (χ1v) is 9.14. The molecule has 0 aliphatic heterocycles. The predicted molar refractivity (Wildman–Crippen MR) is 117 cm³/mol. The van der Waals surface area contributed by atoms with Crippen molar-refractivity contribution < 1.29 is 14.3 Å². The largest absolute Gasteiger partial charge is 0.412 e. The third-order valence-corrected chi connectivity index (χ3v) is 4.17. The molecule has 0 radical (unpaired) electrons. The van der Waals surface area contributed by atoms with Gasteiger partial charge in [0.2, 0.25) is 0 Å². The molecule has 3 rings (SSSR count). The molecule has 0 unspecified atom stereocenters. The third-order valence-electron chi connectivity index (χ3n) is 4.17. The molecule has 0 aliphatic carbocycles. The summed E-state index contributed by atoms with van der Waals surface area (Å²) in [4.78, 5) is 27.0. The van der Waals surface area contributed by atoms with Gasteiger partial charge in [0, 0.05) is 23.6 Å². The van der Waals surface area contributed by atoms with Crippen LogP contribution >= 0.6 is 0 Å². The second-order valence-electron chi connectivity index (χ2n) is 6.53. The van der Waals surface area contributed by atoms with Gasteiger partial charge in [-0.15, -0.1) is 5.10 Å². The summed E-state index contributed by atoms with van der Waals surface area (Å²) in [6.07, 6.45) is -0.559. The highest BCUT2D eigenvalue weighted by atomic mass is 16.5. The number of carbonyl (C=O) groups excluding carboxylic acids is 2. The number of H-pyrrole nitrogens is 1. The average molecular weight is 406 g/mol. The molecular weight excluding hydrogens is 384 g/mol. The Bertz CT molecular complexity index is 1140. The molecule has 0 fully saturated rings. The van der Waals surface area contributed by atoms with Gasteiger partial charge in [0.25, 0.3) is 5.91 Å². The molecule has 0 atom stereocenters. The number of aromatic nitrogens is 1. The maximum Gasteiger partial charge on any atom is 0.412 e. The Morgan fingerprint density at radius 1 is 1.03 bits per heavy atom. The van der Waals surface area contributed by atoms with E-state index in [1.165, 1.54) is 7.05 Å². The van der Waals surface area contributed by atoms with Crippen molar-refractivity contribution in [3.05, 3.63) is 59.8 Å². The molecule has 0 bridgehead atoms. The van der Waals surface area contributed by atoms with Gasteiger partial charge in [0.15, 0.2) is 0 Å². The first-order chi connectivity index (χ1) is 14.4. The van der Waals surface area contributed by atoms with Gasteiger partial charge >= 0.3 is 6.09 Å². The average Bonchev–Trinajstić information content (AvgIpc) is 3.16. The molecule has 2 amide bonds. The Morgan fingerprint density at radius 2 is 1.77 bits per heavy atom. The maximum atomic E-state index is 12.6. The van der Waals surface area contributed by atoms with Crippen LogP contribution in [0.4, 0.5) is 10.5 Å². The highest BCUT2D eigenvalue weighted by molar-refractivity contribution is 6.06. The van der Waals surface area contributed by atoms with Crippen molar-refractivity contribution in [2.24, 2.45) is 15.9 Å². The van der Waals surface area contributed by atoms with E-state index in [0.29, 0.717) is 28.7 Å². The number of fused-ring (bicyclic) bond motifs is 1. The fourth-order valence-electron chi connectivity index (χ4n) is 2.66. The van der Waals surface area contributed by atoms with E-state index in [0.717, 1.165) is 16.5 Å². The second-order valence-corrected chi connectivity index (χ2v) is 6.53. The summed E-state index contributed by atoms with van der Waals surface area (Å²) >= 11 is 0. The number of amides is 2. The number of nitrogens with one attached hydrogen (secondary N) is 3. The van der Waals surface area contributed by atoms with Gasteiger partial charge < -0.3 is 26.1 Å². The maximum absolute atomic E-state index is 12.6. The standard InChI is InChI=1S/C21H22N6O3/c1-12(26-27-13(2)22)14-4-6-16(7-5-14)24-20(28)19-11-15-10-17(30-21(29)23-3)8-9-18(15)25-19/h4-11,25H,1-3H3,(H2,22,27)(H,23,29)(H,24,28)/b26-12-. The lowest BCUT2D eigenvalue weighted by atomic mass is 10.1. The number of rotatable bonds is 5. The minimum absolute atomic E-state index is 0.290. The predicted octanol–water partition coefficient (Wildman–Crippen LogP) is 3.24. The van der Waals surface area contributed by atoms with Crippen LogP contribution in [0.25, 0.3) is 10.9 Å². The molecule has 30 heavy (non-hydrogen) atoms. The van der Waals surface area contributed by atoms with Crippen LogP contribution in [-0.2, 0) is 0 Å². The van der Waals surface area contributed by atoms with E-state index in [4.69, 9.17) is 10.5 Å². The number of nitrogens with two attached hydrogens (primary N) is 1. The Hall–Kier alpha value is -4.14. The minimum Gasteiger partial charge on any atom is -0.410 e. The van der Waals surface area contributed by atoms with Crippen molar-refractivity contribution in [1.29, 1.82) is 0 Å². The fourth-order valence-corrected chi connectivity index (χ4v) is 2.66. The zero-order valence-electron chi connectivity index (χ0n) is 16.8. The monoisotopic (exact) mass is 406 g/mol. The van der Waals surface area contributed by atoms with E-state index in [-0.39, 0.29) is 5.91 Å². The number of benzene rings is 2. The Morgan fingerprint density at radius 3 is 2.43 bits per heavy atom. The van der Waals surface area contributed by atoms with Crippen LogP contribution in [-0.4, -0.2) is 35.6 Å². The quantitative estimate of drug-likeness (QED) is 0.294. The smallest absolute Gasteiger partial charge is 0.410 e. The molecule has 1 heterocycles. The van der Waals surface area contributed by atoms with Crippen LogP contribution < -0.4 is 21.1 Å². The van der Waals surface area contributed by atoms with Crippen LogP contribution in [0.5, 0.6) is 5.75 Å². The van der Waals surface area contributed by atoms with Gasteiger partial charge in [-0.05, 0) is 55.8 Å². The molecule has 0 aliphatic rings. The number of anilines is 1. The molecule has 9 heteroatoms. The topological polar surface area (TPSA) is 134 Å². The van der Waals surface area contributed by atoms with Crippen LogP contribution in [0.1, 0.15) is 29.9 Å². The number of aromatic amines is 1. The van der Waals surface area contributed by atoms with Crippen LogP contribution in [0.15, 0.2) is 58.7 Å². The summed E-state index contributed by atoms with van der Waals surface area (Å²) in [6, 6.07) is 14.0. The van der Waals surface area contributed by atoms with Gasteiger partial charge in [-0.25, -0.2) is 4.79 Å². The zero-order chi connectivity index (χ0) is 21.7. The molecule has 9 nitrogen and oxygen atoms in total. The molecule has 0 saturated carbocycles. The molecule has 5 N–H and O–H groups in total. The number of amidine groups is 1. The molecule has 3 aromatic rings. The van der Waals surface area contributed by atoms with Gasteiger partial charge in [0.1, 0.15) is 17.3 Å². The highest BCUT2D eigenvalue weighted by Gasteiger charge is 2.11. The highest BCUT2D eigenvalue weighted by Crippen LogP contribution is 2.22. The van der Waals surface area contributed by atoms with Crippen LogP contribution in [0.2, 0.25) is 0 Å². The van der Waals surface area contributed by atoms with E-state index in [9.17, 15) is 9.59 Å². The summed E-state index contributed by atoms with van der Waals surface area (Å²) in [7, 11) is 1.48. The van der Waals surface area contributed by atoms with Crippen molar-refractivity contribution in [3.8, 4) is 5.75 Å². The van der Waals surface area contributed by atoms with Crippen molar-refractivity contribution >= 4 is 40.1 Å². The molecule has 2 aromatic carbocycles. The Labute approximate surface area is 173 Å². The Balaban J connectivity index is 1.72. The third kappa shape index (κ3) is 5.02. The fraction of sp³-hybridized carbons (Fsp3) is 0.143. The summed E-state index contributed by atoms with van der Waals surface area (Å²) in [6.45, 7) is 3.49. The second kappa shape index (κ2) is 8.91. The van der Waals surface area contributed by atoms with E-state index in [1.54, 1.807) is 43.3 Å². The SMILES string of the molecule is CNC(=O)Oc1ccc2[nH]c(C(=O)Nc3ccc(/C(C)=N\N=C(C)N)cc3)cc2c1. The number of ether oxygens (including phenoxy) is 1. The van der Waals surface area contributed by atoms with Gasteiger partial charge in [-0.1, -0.05) is 12.1 Å². The lowest BCUT2D eigenvalue weighted by Gasteiger charge is -2.05. The van der Waals surface area contributed by atoms with Gasteiger partial charge in [-0.2, -0.15) is 5.10 Å². The number of hydrogen-bond donors (Lipinski definition) is 4. The number of carbonyl (C=O) groups is 2.